The van der Waals surface area contributed by atoms with Gasteiger partial charge < -0.3 is 21.3 Å². The standard InChI is InChI=1S/C19H26F2N4O3/c20-15-9-8-14(11-16(15)21)24-18(27)12-23-17(26)7-4-10-22-19(28)25-13-5-2-1-3-6-13/h8-9,11,13H,1-7,10,12H2,(H,23,26)(H,24,27)(H2,22,25,28). The molecule has 1 aromatic carbocycles. The lowest BCUT2D eigenvalue weighted by atomic mass is 9.96. The molecule has 7 nitrogen and oxygen atoms in total. The SMILES string of the molecule is O=C(CCCNC(=O)NC1CCCCC1)NCC(=O)Nc1ccc(F)c(F)c1. The molecule has 0 radical (unpaired) electrons. The summed E-state index contributed by atoms with van der Waals surface area (Å²) in [5.41, 5.74) is 0.103. The van der Waals surface area contributed by atoms with E-state index in [0.717, 1.165) is 37.8 Å². The van der Waals surface area contributed by atoms with Crippen LogP contribution in [0.3, 0.4) is 0 Å². The average Bonchev–Trinajstić information content (AvgIpc) is 2.67. The van der Waals surface area contributed by atoms with E-state index in [1.54, 1.807) is 0 Å². The van der Waals surface area contributed by atoms with Gasteiger partial charge in [-0.15, -0.1) is 0 Å². The Bertz CT molecular complexity index is 694. The van der Waals surface area contributed by atoms with Crippen LogP contribution in [0.2, 0.25) is 0 Å². The summed E-state index contributed by atoms with van der Waals surface area (Å²) < 4.78 is 25.9. The van der Waals surface area contributed by atoms with E-state index in [4.69, 9.17) is 0 Å². The fraction of sp³-hybridized carbons (Fsp3) is 0.526. The summed E-state index contributed by atoms with van der Waals surface area (Å²) in [6.07, 6.45) is 6.08. The van der Waals surface area contributed by atoms with Crippen LogP contribution in [0.4, 0.5) is 19.3 Å². The first-order valence-electron chi connectivity index (χ1n) is 9.50. The van der Waals surface area contributed by atoms with Crippen molar-refractivity contribution in [2.45, 2.75) is 51.0 Å². The normalized spacial score (nSPS) is 14.2. The monoisotopic (exact) mass is 396 g/mol. The van der Waals surface area contributed by atoms with Gasteiger partial charge in [-0.05, 0) is 31.4 Å². The topological polar surface area (TPSA) is 99.3 Å². The lowest BCUT2D eigenvalue weighted by Crippen LogP contribution is -2.43. The van der Waals surface area contributed by atoms with E-state index in [2.05, 4.69) is 21.3 Å². The van der Waals surface area contributed by atoms with Crippen molar-refractivity contribution in [2.24, 2.45) is 0 Å². The summed E-state index contributed by atoms with van der Waals surface area (Å²) in [5, 5.41) is 10.4. The number of carbonyl (C=O) groups excluding carboxylic acids is 3. The lowest BCUT2D eigenvalue weighted by Gasteiger charge is -2.22. The van der Waals surface area contributed by atoms with Gasteiger partial charge in [-0.3, -0.25) is 9.59 Å². The molecule has 1 aliphatic carbocycles. The van der Waals surface area contributed by atoms with Gasteiger partial charge in [0.1, 0.15) is 0 Å². The Morgan fingerprint density at radius 1 is 0.964 bits per heavy atom. The van der Waals surface area contributed by atoms with Crippen LogP contribution in [0.25, 0.3) is 0 Å². The average molecular weight is 396 g/mol. The van der Waals surface area contributed by atoms with Crippen LogP contribution >= 0.6 is 0 Å². The zero-order valence-corrected chi connectivity index (χ0v) is 15.7. The highest BCUT2D eigenvalue weighted by Gasteiger charge is 2.15. The molecule has 0 atom stereocenters. The molecule has 1 aliphatic rings. The van der Waals surface area contributed by atoms with Crippen LogP contribution in [-0.4, -0.2) is 37.0 Å². The molecule has 28 heavy (non-hydrogen) atoms. The number of carbonyl (C=O) groups is 3. The van der Waals surface area contributed by atoms with Crippen molar-refractivity contribution in [1.82, 2.24) is 16.0 Å². The third-order valence-corrected chi connectivity index (χ3v) is 4.46. The van der Waals surface area contributed by atoms with Crippen LogP contribution in [0.1, 0.15) is 44.9 Å². The van der Waals surface area contributed by atoms with Crippen LogP contribution in [-0.2, 0) is 9.59 Å². The van der Waals surface area contributed by atoms with Crippen molar-refractivity contribution < 1.29 is 23.2 Å². The molecule has 154 valence electrons. The van der Waals surface area contributed by atoms with Gasteiger partial charge in [-0.1, -0.05) is 19.3 Å². The Morgan fingerprint density at radius 3 is 2.43 bits per heavy atom. The molecule has 0 aliphatic heterocycles. The number of hydrogen-bond donors (Lipinski definition) is 4. The van der Waals surface area contributed by atoms with Gasteiger partial charge in [0.25, 0.3) is 0 Å². The Labute approximate surface area is 162 Å². The molecule has 0 bridgehead atoms. The van der Waals surface area contributed by atoms with Crippen LogP contribution in [0.15, 0.2) is 18.2 Å². The second kappa shape index (κ2) is 11.2. The molecular formula is C19H26F2N4O3. The third-order valence-electron chi connectivity index (χ3n) is 4.46. The zero-order chi connectivity index (χ0) is 20.4. The van der Waals surface area contributed by atoms with E-state index >= 15 is 0 Å². The molecule has 9 heteroatoms. The second-order valence-corrected chi connectivity index (χ2v) is 6.79. The van der Waals surface area contributed by atoms with Gasteiger partial charge in [0.05, 0.1) is 6.54 Å². The van der Waals surface area contributed by atoms with Gasteiger partial charge in [-0.2, -0.15) is 0 Å². The highest BCUT2D eigenvalue weighted by Crippen LogP contribution is 2.17. The Hall–Kier alpha value is -2.71. The van der Waals surface area contributed by atoms with E-state index in [-0.39, 0.29) is 36.6 Å². The highest BCUT2D eigenvalue weighted by molar-refractivity contribution is 5.94. The van der Waals surface area contributed by atoms with Crippen LogP contribution in [0, 0.1) is 11.6 Å². The number of halogens is 2. The summed E-state index contributed by atoms with van der Waals surface area (Å²) in [6.45, 7) is 0.0699. The molecule has 2 rings (SSSR count). The van der Waals surface area contributed by atoms with E-state index in [9.17, 15) is 23.2 Å². The number of benzene rings is 1. The zero-order valence-electron chi connectivity index (χ0n) is 15.7. The number of rotatable bonds is 8. The Balaban J connectivity index is 1.54. The summed E-state index contributed by atoms with van der Waals surface area (Å²) in [6, 6.07) is 2.99. The maximum Gasteiger partial charge on any atom is 0.315 e. The third kappa shape index (κ3) is 7.89. The molecule has 4 N–H and O–H groups in total. The molecule has 1 saturated carbocycles. The smallest absolute Gasteiger partial charge is 0.315 e. The number of nitrogens with one attached hydrogen (secondary N) is 4. The predicted molar refractivity (Wildman–Crippen MR) is 101 cm³/mol. The van der Waals surface area contributed by atoms with Crippen molar-refractivity contribution >= 4 is 23.5 Å². The number of anilines is 1. The minimum Gasteiger partial charge on any atom is -0.347 e. The van der Waals surface area contributed by atoms with E-state index in [0.29, 0.717) is 13.0 Å². The van der Waals surface area contributed by atoms with Gasteiger partial charge in [-0.25, -0.2) is 13.6 Å². The Kier molecular flexibility index (Phi) is 8.64. The van der Waals surface area contributed by atoms with Gasteiger partial charge in [0, 0.05) is 30.8 Å². The largest absolute Gasteiger partial charge is 0.347 e. The highest BCUT2D eigenvalue weighted by atomic mass is 19.2. The molecular weight excluding hydrogens is 370 g/mol. The molecule has 4 amide bonds. The summed E-state index contributed by atoms with van der Waals surface area (Å²) in [5.74, 6) is -2.96. The van der Waals surface area contributed by atoms with Gasteiger partial charge in [0.2, 0.25) is 11.8 Å². The first-order chi connectivity index (χ1) is 13.4. The van der Waals surface area contributed by atoms with Crippen molar-refractivity contribution in [3.05, 3.63) is 29.8 Å². The first kappa shape index (κ1) is 21.6. The maximum atomic E-state index is 13.1. The quantitative estimate of drug-likeness (QED) is 0.508. The van der Waals surface area contributed by atoms with Crippen molar-refractivity contribution in [2.75, 3.05) is 18.4 Å². The summed E-state index contributed by atoms with van der Waals surface area (Å²) in [4.78, 5) is 35.2. The fourth-order valence-electron chi connectivity index (χ4n) is 2.98. The van der Waals surface area contributed by atoms with Gasteiger partial charge >= 0.3 is 6.03 Å². The molecule has 0 aromatic heterocycles. The summed E-state index contributed by atoms with van der Waals surface area (Å²) >= 11 is 0. The molecule has 0 unspecified atom stereocenters. The minimum atomic E-state index is -1.07. The first-order valence-corrected chi connectivity index (χ1v) is 9.50. The molecule has 1 fully saturated rings. The van der Waals surface area contributed by atoms with Crippen molar-refractivity contribution in [3.8, 4) is 0 Å². The lowest BCUT2D eigenvalue weighted by molar-refractivity contribution is -0.124. The molecule has 0 heterocycles. The fourth-order valence-corrected chi connectivity index (χ4v) is 2.98. The maximum absolute atomic E-state index is 13.1. The Morgan fingerprint density at radius 2 is 1.71 bits per heavy atom. The number of hydrogen-bond acceptors (Lipinski definition) is 3. The summed E-state index contributed by atoms with van der Waals surface area (Å²) in [7, 11) is 0. The van der Waals surface area contributed by atoms with Gasteiger partial charge in [0.15, 0.2) is 11.6 Å². The van der Waals surface area contributed by atoms with E-state index < -0.39 is 17.5 Å². The van der Waals surface area contributed by atoms with Crippen LogP contribution < -0.4 is 21.3 Å². The second-order valence-electron chi connectivity index (χ2n) is 6.79. The van der Waals surface area contributed by atoms with Crippen molar-refractivity contribution in [3.63, 3.8) is 0 Å². The molecule has 0 spiro atoms. The van der Waals surface area contributed by atoms with Crippen LogP contribution in [0.5, 0.6) is 0 Å². The number of amides is 4. The molecule has 0 saturated heterocycles. The minimum absolute atomic E-state index is 0.103. The predicted octanol–water partition coefficient (Wildman–Crippen LogP) is 2.43. The van der Waals surface area contributed by atoms with Crippen molar-refractivity contribution in [1.29, 1.82) is 0 Å². The molecule has 1 aromatic rings. The van der Waals surface area contributed by atoms with E-state index in [1.165, 1.54) is 12.5 Å². The van der Waals surface area contributed by atoms with E-state index in [1.807, 2.05) is 0 Å². The number of urea groups is 1.